The van der Waals surface area contributed by atoms with Crippen molar-refractivity contribution < 1.29 is 15.0 Å². The van der Waals surface area contributed by atoms with Crippen LogP contribution < -0.4 is 5.32 Å². The molecule has 0 saturated heterocycles. The molecule has 182 valence electrons. The fourth-order valence-electron chi connectivity index (χ4n) is 3.81. The highest BCUT2D eigenvalue weighted by molar-refractivity contribution is 5.47. The molecule has 1 amide bonds. The first-order valence-corrected chi connectivity index (χ1v) is 11.8. The molecule has 0 aliphatic carbocycles. The molecule has 1 aliphatic rings. The fourth-order valence-corrected chi connectivity index (χ4v) is 3.81. The van der Waals surface area contributed by atoms with Crippen LogP contribution in [0.4, 0.5) is 0 Å². The predicted octanol–water partition coefficient (Wildman–Crippen LogP) is 3.22. The Balaban J connectivity index is 1.89. The molecule has 2 rings (SSSR count). The van der Waals surface area contributed by atoms with Crippen molar-refractivity contribution in [3.63, 3.8) is 0 Å². The van der Waals surface area contributed by atoms with Crippen LogP contribution in [0, 0.1) is 5.92 Å². The number of carbonyl (C=O) groups excluding carboxylic acids is 1. The van der Waals surface area contributed by atoms with Gasteiger partial charge in [0.05, 0.1) is 6.10 Å². The molecular formula is C27H41N3O3. The lowest BCUT2D eigenvalue weighted by atomic mass is 10.00. The molecule has 0 fully saturated rings. The third-order valence-corrected chi connectivity index (χ3v) is 6.54. The number of β-amino-alcohol motifs (C(OH)–C–C–N with tert-alkyl or cyclic N) is 1. The smallest absolute Gasteiger partial charge is 0.209 e. The van der Waals surface area contributed by atoms with E-state index in [0.29, 0.717) is 26.1 Å². The van der Waals surface area contributed by atoms with E-state index in [4.69, 9.17) is 0 Å². The van der Waals surface area contributed by atoms with Gasteiger partial charge in [0.1, 0.15) is 5.72 Å². The Morgan fingerprint density at radius 1 is 1.33 bits per heavy atom. The Bertz CT molecular complexity index is 845. The number of benzene rings is 1. The molecule has 33 heavy (non-hydrogen) atoms. The highest BCUT2D eigenvalue weighted by Crippen LogP contribution is 2.19. The summed E-state index contributed by atoms with van der Waals surface area (Å²) < 4.78 is 0. The third-order valence-electron chi connectivity index (χ3n) is 6.54. The topological polar surface area (TPSA) is 76.0 Å². The van der Waals surface area contributed by atoms with Crippen molar-refractivity contribution >= 4 is 6.41 Å². The van der Waals surface area contributed by atoms with Gasteiger partial charge in [0.25, 0.3) is 0 Å². The first kappa shape index (κ1) is 26.8. The van der Waals surface area contributed by atoms with E-state index in [1.807, 2.05) is 26.8 Å². The van der Waals surface area contributed by atoms with E-state index in [9.17, 15) is 15.0 Å². The lowest BCUT2D eigenvalue weighted by molar-refractivity contribution is -0.119. The molecule has 1 aromatic carbocycles. The number of aliphatic hydroxyl groups excluding tert-OH is 1. The minimum atomic E-state index is -1.00. The number of hydrogen-bond acceptors (Lipinski definition) is 5. The first-order chi connectivity index (χ1) is 15.7. The molecule has 0 spiro atoms. The van der Waals surface area contributed by atoms with Gasteiger partial charge in [0.15, 0.2) is 0 Å². The van der Waals surface area contributed by atoms with Gasteiger partial charge in [-0.05, 0) is 61.2 Å². The molecule has 1 aromatic rings. The van der Waals surface area contributed by atoms with Crippen LogP contribution in [0.5, 0.6) is 0 Å². The average Bonchev–Trinajstić information content (AvgIpc) is 2.79. The Hall–Kier alpha value is -2.41. The van der Waals surface area contributed by atoms with Crippen LogP contribution >= 0.6 is 0 Å². The maximum Gasteiger partial charge on any atom is 0.209 e. The van der Waals surface area contributed by atoms with Gasteiger partial charge in [-0.2, -0.15) is 0 Å². The van der Waals surface area contributed by atoms with Gasteiger partial charge >= 0.3 is 0 Å². The Morgan fingerprint density at radius 2 is 2.03 bits per heavy atom. The third kappa shape index (κ3) is 8.46. The zero-order valence-electron chi connectivity index (χ0n) is 20.6. The molecule has 3 N–H and O–H groups in total. The van der Waals surface area contributed by atoms with E-state index in [1.165, 1.54) is 11.1 Å². The second-order valence-corrected chi connectivity index (χ2v) is 9.45. The zero-order chi connectivity index (χ0) is 24.4. The first-order valence-electron chi connectivity index (χ1n) is 11.8. The molecule has 0 aromatic heterocycles. The quantitative estimate of drug-likeness (QED) is 0.242. The highest BCUT2D eigenvalue weighted by atomic mass is 16.3. The van der Waals surface area contributed by atoms with E-state index in [-0.39, 0.29) is 5.92 Å². The average molecular weight is 456 g/mol. The molecule has 0 bridgehead atoms. The van der Waals surface area contributed by atoms with Crippen LogP contribution in [0.15, 0.2) is 60.3 Å². The second-order valence-electron chi connectivity index (χ2n) is 9.45. The summed E-state index contributed by atoms with van der Waals surface area (Å²) in [7, 11) is 0. The molecule has 6 nitrogen and oxygen atoms in total. The van der Waals surface area contributed by atoms with Crippen molar-refractivity contribution in [2.45, 2.75) is 58.9 Å². The maximum absolute atomic E-state index is 11.7. The van der Waals surface area contributed by atoms with E-state index in [1.54, 1.807) is 24.1 Å². The van der Waals surface area contributed by atoms with Crippen LogP contribution in [-0.4, -0.2) is 64.4 Å². The number of aliphatic hydroxyl groups is 2. The van der Waals surface area contributed by atoms with Crippen LogP contribution in [-0.2, 0) is 17.8 Å². The largest absolute Gasteiger partial charge is 0.390 e. The van der Waals surface area contributed by atoms with E-state index >= 15 is 0 Å². The van der Waals surface area contributed by atoms with Crippen molar-refractivity contribution in [1.29, 1.82) is 0 Å². The molecule has 2 unspecified atom stereocenters. The van der Waals surface area contributed by atoms with Gasteiger partial charge in [0.2, 0.25) is 6.41 Å². The molecule has 0 saturated carbocycles. The predicted molar refractivity (Wildman–Crippen MR) is 134 cm³/mol. The van der Waals surface area contributed by atoms with E-state index < -0.39 is 11.8 Å². The number of rotatable bonds is 13. The number of hydrogen-bond donors (Lipinski definition) is 3. The standard InChI is InChI=1S/C27H41N3O3/c1-6-22(4)23(11-14-28-27(5,33)21(2)3)12-16-30(20-31)19-26(32)18-29-15-13-24-9-7-8-10-25(24)17-29/h6-11,14,20-21,26,28,32-33H,1,12-13,15-19H2,2-5H3/b14-11+,23-22+. The van der Waals surface area contributed by atoms with Crippen LogP contribution in [0.3, 0.4) is 0 Å². The summed E-state index contributed by atoms with van der Waals surface area (Å²) in [6, 6.07) is 8.43. The van der Waals surface area contributed by atoms with Crippen molar-refractivity contribution in [2.24, 2.45) is 5.92 Å². The summed E-state index contributed by atoms with van der Waals surface area (Å²) in [6.07, 6.45) is 7.26. The van der Waals surface area contributed by atoms with Gasteiger partial charge in [0, 0.05) is 38.6 Å². The summed E-state index contributed by atoms with van der Waals surface area (Å²) in [4.78, 5) is 15.5. The van der Waals surface area contributed by atoms with E-state index in [0.717, 1.165) is 37.1 Å². The number of allylic oxidation sites excluding steroid dienone is 3. The number of amides is 1. The highest BCUT2D eigenvalue weighted by Gasteiger charge is 2.22. The zero-order valence-corrected chi connectivity index (χ0v) is 20.6. The molecule has 6 heteroatoms. The van der Waals surface area contributed by atoms with Gasteiger partial charge in [-0.1, -0.05) is 50.8 Å². The van der Waals surface area contributed by atoms with Gasteiger partial charge < -0.3 is 20.4 Å². The van der Waals surface area contributed by atoms with Gasteiger partial charge in [-0.15, -0.1) is 0 Å². The number of nitrogens with zero attached hydrogens (tertiary/aromatic N) is 2. The van der Waals surface area contributed by atoms with Gasteiger partial charge in [-0.3, -0.25) is 9.69 Å². The minimum Gasteiger partial charge on any atom is -0.390 e. The number of carbonyl (C=O) groups is 1. The molecule has 2 atom stereocenters. The van der Waals surface area contributed by atoms with Crippen molar-refractivity contribution in [2.75, 3.05) is 26.2 Å². The summed E-state index contributed by atoms with van der Waals surface area (Å²) in [5, 5.41) is 24.0. The Morgan fingerprint density at radius 3 is 2.67 bits per heavy atom. The molecular weight excluding hydrogens is 414 g/mol. The van der Waals surface area contributed by atoms with E-state index in [2.05, 4.69) is 41.1 Å². The monoisotopic (exact) mass is 455 g/mol. The van der Waals surface area contributed by atoms with Gasteiger partial charge in [-0.25, -0.2) is 0 Å². The SMILES string of the molecule is C=C/C(C)=C(\C=C\NC(C)(O)C(C)C)CCN(C=O)CC(O)CN1CCc2ccccc2C1. The summed E-state index contributed by atoms with van der Waals surface area (Å²) in [6.45, 7) is 14.5. The lowest BCUT2D eigenvalue weighted by Crippen LogP contribution is -2.43. The molecule has 1 heterocycles. The van der Waals surface area contributed by atoms with Crippen LogP contribution in [0.1, 0.15) is 45.2 Å². The summed E-state index contributed by atoms with van der Waals surface area (Å²) >= 11 is 0. The number of fused-ring (bicyclic) bond motifs is 1. The van der Waals surface area contributed by atoms with Crippen molar-refractivity contribution in [1.82, 2.24) is 15.1 Å². The molecule has 1 aliphatic heterocycles. The Labute approximate surface area is 199 Å². The second kappa shape index (κ2) is 12.7. The maximum atomic E-state index is 11.7. The molecule has 0 radical (unpaired) electrons. The normalized spacial score (nSPS) is 17.8. The lowest BCUT2D eigenvalue weighted by Gasteiger charge is -2.31. The minimum absolute atomic E-state index is 0.0514. The van der Waals surface area contributed by atoms with Crippen molar-refractivity contribution in [3.05, 3.63) is 71.5 Å². The summed E-state index contributed by atoms with van der Waals surface area (Å²) in [5.74, 6) is 0.0514. The fraction of sp³-hybridized carbons (Fsp3) is 0.519. The summed E-state index contributed by atoms with van der Waals surface area (Å²) in [5.41, 5.74) is 3.72. The van der Waals surface area contributed by atoms with Crippen LogP contribution in [0.2, 0.25) is 0 Å². The Kier molecular flexibility index (Phi) is 10.4. The van der Waals surface area contributed by atoms with Crippen LogP contribution in [0.25, 0.3) is 0 Å². The van der Waals surface area contributed by atoms with Crippen molar-refractivity contribution in [3.8, 4) is 0 Å². The number of nitrogens with one attached hydrogen (secondary N) is 1.